The lowest BCUT2D eigenvalue weighted by Gasteiger charge is -2.21. The number of aliphatic imine (C=N–C) groups is 1. The SMILES string of the molecule is C/C=C\C=C1C(=NC)C=CN1Cc1ccc(C(=N)N2CCCC2)cc1F. The molecule has 0 aromatic heterocycles. The zero-order valence-electron chi connectivity index (χ0n) is 15.4. The summed E-state index contributed by atoms with van der Waals surface area (Å²) >= 11 is 0. The summed E-state index contributed by atoms with van der Waals surface area (Å²) in [6.07, 6.45) is 12.0. The highest BCUT2D eigenvalue weighted by atomic mass is 19.1. The van der Waals surface area contributed by atoms with Crippen molar-refractivity contribution in [1.82, 2.24) is 9.80 Å². The van der Waals surface area contributed by atoms with Gasteiger partial charge in [-0.25, -0.2) is 4.39 Å². The molecule has 5 heteroatoms. The number of benzene rings is 1. The Balaban J connectivity index is 1.78. The Bertz CT molecular complexity index is 798. The van der Waals surface area contributed by atoms with Gasteiger partial charge in [-0.1, -0.05) is 24.3 Å². The molecule has 4 nitrogen and oxygen atoms in total. The van der Waals surface area contributed by atoms with E-state index in [1.807, 2.05) is 53.3 Å². The fraction of sp³-hybridized carbons (Fsp3) is 0.333. The van der Waals surface area contributed by atoms with Crippen LogP contribution in [0.1, 0.15) is 30.9 Å². The van der Waals surface area contributed by atoms with Gasteiger partial charge in [0.2, 0.25) is 0 Å². The summed E-state index contributed by atoms with van der Waals surface area (Å²) < 4.78 is 14.7. The van der Waals surface area contributed by atoms with Crippen LogP contribution < -0.4 is 0 Å². The lowest BCUT2D eigenvalue weighted by atomic mass is 10.1. The molecule has 1 aromatic rings. The molecule has 2 aliphatic rings. The van der Waals surface area contributed by atoms with Crippen molar-refractivity contribution in [2.75, 3.05) is 20.1 Å². The summed E-state index contributed by atoms with van der Waals surface area (Å²) in [7, 11) is 1.76. The third-order valence-corrected chi connectivity index (χ3v) is 4.76. The smallest absolute Gasteiger partial charge is 0.128 e. The molecule has 2 heterocycles. The molecule has 0 atom stereocenters. The zero-order chi connectivity index (χ0) is 18.5. The zero-order valence-corrected chi connectivity index (χ0v) is 15.4. The first-order chi connectivity index (χ1) is 12.6. The van der Waals surface area contributed by atoms with Crippen molar-refractivity contribution in [3.05, 3.63) is 71.3 Å². The predicted molar refractivity (Wildman–Crippen MR) is 105 cm³/mol. The molecule has 136 valence electrons. The third-order valence-electron chi connectivity index (χ3n) is 4.76. The lowest BCUT2D eigenvalue weighted by Crippen LogP contribution is -2.27. The molecule has 0 saturated carbocycles. The second-order valence-corrected chi connectivity index (χ2v) is 6.48. The van der Waals surface area contributed by atoms with Gasteiger partial charge in [0, 0.05) is 37.5 Å². The highest BCUT2D eigenvalue weighted by Gasteiger charge is 2.20. The minimum absolute atomic E-state index is 0.271. The van der Waals surface area contributed by atoms with E-state index in [9.17, 15) is 4.39 Å². The van der Waals surface area contributed by atoms with E-state index in [2.05, 4.69) is 4.99 Å². The summed E-state index contributed by atoms with van der Waals surface area (Å²) in [5.74, 6) is 0.148. The van der Waals surface area contributed by atoms with Crippen LogP contribution in [-0.4, -0.2) is 41.5 Å². The maximum Gasteiger partial charge on any atom is 0.128 e. The Morgan fingerprint density at radius 2 is 2.08 bits per heavy atom. The van der Waals surface area contributed by atoms with Gasteiger partial charge in [-0.3, -0.25) is 10.4 Å². The van der Waals surface area contributed by atoms with Crippen LogP contribution in [-0.2, 0) is 6.54 Å². The van der Waals surface area contributed by atoms with Crippen LogP contribution in [0.3, 0.4) is 0 Å². The number of likely N-dealkylation sites (tertiary alicyclic amines) is 1. The average molecular weight is 352 g/mol. The molecule has 0 aliphatic carbocycles. The van der Waals surface area contributed by atoms with Gasteiger partial charge in [0.1, 0.15) is 11.7 Å². The summed E-state index contributed by atoms with van der Waals surface area (Å²) in [4.78, 5) is 8.28. The highest BCUT2D eigenvalue weighted by Crippen LogP contribution is 2.23. The van der Waals surface area contributed by atoms with Gasteiger partial charge in [-0.2, -0.15) is 0 Å². The molecule has 3 rings (SSSR count). The standard InChI is InChI=1S/C21H25FN4/c1-3-4-7-20-19(24-2)10-13-26(20)15-17-9-8-16(14-18(17)22)21(23)25-11-5-6-12-25/h3-4,7-10,13-14,23H,5-6,11-12,15H2,1-2H3/b4-3-,20-7?,23-21?,24-19?. The van der Waals surface area contributed by atoms with Gasteiger partial charge in [-0.05, 0) is 38.0 Å². The Hall–Kier alpha value is -2.69. The van der Waals surface area contributed by atoms with E-state index >= 15 is 0 Å². The molecule has 0 spiro atoms. The molecule has 0 bridgehead atoms. The molecule has 1 N–H and O–H groups in total. The minimum atomic E-state index is -0.271. The van der Waals surface area contributed by atoms with Gasteiger partial charge in [0.25, 0.3) is 0 Å². The Morgan fingerprint density at radius 1 is 1.31 bits per heavy atom. The second kappa shape index (κ2) is 8.13. The van der Waals surface area contributed by atoms with Crippen LogP contribution in [0, 0.1) is 11.2 Å². The minimum Gasteiger partial charge on any atom is -0.357 e. The van der Waals surface area contributed by atoms with Crippen molar-refractivity contribution < 1.29 is 4.39 Å². The number of allylic oxidation sites excluding steroid dienone is 4. The van der Waals surface area contributed by atoms with E-state index in [0.717, 1.165) is 37.3 Å². The molecule has 1 saturated heterocycles. The van der Waals surface area contributed by atoms with Crippen molar-refractivity contribution in [3.63, 3.8) is 0 Å². The second-order valence-electron chi connectivity index (χ2n) is 6.48. The number of nitrogens with one attached hydrogen (secondary N) is 1. The number of halogens is 1. The molecule has 1 fully saturated rings. The topological polar surface area (TPSA) is 42.7 Å². The molecular weight excluding hydrogens is 327 g/mol. The molecule has 2 aliphatic heterocycles. The van der Waals surface area contributed by atoms with E-state index in [-0.39, 0.29) is 5.82 Å². The summed E-state index contributed by atoms with van der Waals surface area (Å²) in [5, 5.41) is 8.28. The number of nitrogens with zero attached hydrogens (tertiary/aromatic N) is 3. The van der Waals surface area contributed by atoms with E-state index in [1.54, 1.807) is 13.1 Å². The molecule has 26 heavy (non-hydrogen) atoms. The van der Waals surface area contributed by atoms with Crippen molar-refractivity contribution in [2.24, 2.45) is 4.99 Å². The van der Waals surface area contributed by atoms with Gasteiger partial charge in [0.05, 0.1) is 18.0 Å². The fourth-order valence-electron chi connectivity index (χ4n) is 3.30. The Morgan fingerprint density at radius 3 is 2.73 bits per heavy atom. The number of hydrogen-bond donors (Lipinski definition) is 1. The van der Waals surface area contributed by atoms with Crippen LogP contribution in [0.15, 0.2) is 59.4 Å². The average Bonchev–Trinajstić information content (AvgIpc) is 3.31. The first-order valence-corrected chi connectivity index (χ1v) is 9.01. The van der Waals surface area contributed by atoms with Crippen molar-refractivity contribution in [3.8, 4) is 0 Å². The van der Waals surface area contributed by atoms with Gasteiger partial charge >= 0.3 is 0 Å². The quantitative estimate of drug-likeness (QED) is 0.655. The largest absolute Gasteiger partial charge is 0.357 e. The molecular formula is C21H25FN4. The first-order valence-electron chi connectivity index (χ1n) is 9.01. The van der Waals surface area contributed by atoms with Crippen molar-refractivity contribution >= 4 is 11.5 Å². The summed E-state index contributed by atoms with van der Waals surface area (Å²) in [6, 6.07) is 5.13. The molecule has 0 radical (unpaired) electrons. The first kappa shape index (κ1) is 18.1. The molecule has 1 aromatic carbocycles. The summed E-state index contributed by atoms with van der Waals surface area (Å²) in [6.45, 7) is 4.17. The lowest BCUT2D eigenvalue weighted by molar-refractivity contribution is 0.471. The van der Waals surface area contributed by atoms with Gasteiger partial charge in [0.15, 0.2) is 0 Å². The van der Waals surface area contributed by atoms with Gasteiger partial charge < -0.3 is 9.80 Å². The van der Waals surface area contributed by atoms with Crippen LogP contribution in [0.5, 0.6) is 0 Å². The number of amidine groups is 1. The maximum atomic E-state index is 14.7. The Kier molecular flexibility index (Phi) is 5.66. The maximum absolute atomic E-state index is 14.7. The van der Waals surface area contributed by atoms with E-state index in [1.165, 1.54) is 6.07 Å². The van der Waals surface area contributed by atoms with E-state index in [0.29, 0.717) is 23.5 Å². The highest BCUT2D eigenvalue weighted by molar-refractivity contribution is 6.10. The monoisotopic (exact) mass is 352 g/mol. The van der Waals surface area contributed by atoms with Crippen LogP contribution in [0.25, 0.3) is 0 Å². The van der Waals surface area contributed by atoms with Crippen LogP contribution in [0.2, 0.25) is 0 Å². The van der Waals surface area contributed by atoms with Crippen LogP contribution >= 0.6 is 0 Å². The number of rotatable bonds is 4. The predicted octanol–water partition coefficient (Wildman–Crippen LogP) is 4.11. The number of hydrogen-bond acceptors (Lipinski definition) is 3. The van der Waals surface area contributed by atoms with Crippen molar-refractivity contribution in [1.29, 1.82) is 5.41 Å². The normalized spacial score (nSPS) is 20.3. The van der Waals surface area contributed by atoms with Gasteiger partial charge in [-0.15, -0.1) is 0 Å². The molecule has 0 unspecified atom stereocenters. The van der Waals surface area contributed by atoms with Crippen molar-refractivity contribution in [2.45, 2.75) is 26.3 Å². The van der Waals surface area contributed by atoms with Crippen LogP contribution in [0.4, 0.5) is 4.39 Å². The summed E-state index contributed by atoms with van der Waals surface area (Å²) in [5.41, 5.74) is 3.09. The molecule has 0 amide bonds. The third kappa shape index (κ3) is 3.77. The Labute approximate surface area is 154 Å². The fourth-order valence-corrected chi connectivity index (χ4v) is 3.30. The van der Waals surface area contributed by atoms with E-state index in [4.69, 9.17) is 5.41 Å². The van der Waals surface area contributed by atoms with E-state index < -0.39 is 0 Å².